The molecule has 0 aliphatic rings. The van der Waals surface area contributed by atoms with E-state index in [4.69, 9.17) is 5.73 Å². The lowest BCUT2D eigenvalue weighted by Crippen LogP contribution is -2.14. The van der Waals surface area contributed by atoms with Crippen LogP contribution in [0.3, 0.4) is 0 Å². The summed E-state index contributed by atoms with van der Waals surface area (Å²) in [5.74, 6) is 0.517. The van der Waals surface area contributed by atoms with E-state index in [1.54, 1.807) is 19.1 Å². The molecule has 0 aliphatic carbocycles. The fourth-order valence-electron chi connectivity index (χ4n) is 1.67. The largest absolute Gasteiger partial charge is 0.330 e. The van der Waals surface area contributed by atoms with Crippen LogP contribution in [0, 0.1) is 27.2 Å². The van der Waals surface area contributed by atoms with Gasteiger partial charge in [-0.3, -0.25) is 20.2 Å². The van der Waals surface area contributed by atoms with Crippen LogP contribution in [-0.2, 0) is 0 Å². The quantitative estimate of drug-likeness (QED) is 0.605. The maximum absolute atomic E-state index is 11.0. The van der Waals surface area contributed by atoms with Crippen molar-refractivity contribution in [2.24, 2.45) is 5.73 Å². The molecule has 104 valence electrons. The van der Waals surface area contributed by atoms with E-state index >= 15 is 0 Å². The maximum Gasteiger partial charge on any atom is 0.274 e. The number of nitrogens with zero attached hydrogens (tertiary/aromatic N) is 2. The molecular formula is C11H15N3O4S. The summed E-state index contributed by atoms with van der Waals surface area (Å²) in [4.78, 5) is 20.8. The highest BCUT2D eigenvalue weighted by atomic mass is 32.2. The number of benzene rings is 1. The Bertz CT molecular complexity index is 481. The summed E-state index contributed by atoms with van der Waals surface area (Å²) < 4.78 is 0. The minimum Gasteiger partial charge on any atom is -0.330 e. The van der Waals surface area contributed by atoms with E-state index in [-0.39, 0.29) is 12.2 Å². The second kappa shape index (κ2) is 7.05. The molecule has 1 unspecified atom stereocenters. The minimum atomic E-state index is -0.556. The van der Waals surface area contributed by atoms with E-state index in [0.717, 1.165) is 5.56 Å². The average Bonchev–Trinajstić information content (AvgIpc) is 2.34. The van der Waals surface area contributed by atoms with Crippen molar-refractivity contribution >= 4 is 17.4 Å². The smallest absolute Gasteiger partial charge is 0.274 e. The SMILES string of the molecule is Cc1ccc(C(C[N+](=O)[O-])SCCN)c([N+](=O)[O-])c1. The van der Waals surface area contributed by atoms with Gasteiger partial charge in [-0.2, -0.15) is 0 Å². The number of nitrogens with two attached hydrogens (primary N) is 1. The van der Waals surface area contributed by atoms with E-state index in [2.05, 4.69) is 0 Å². The average molecular weight is 285 g/mol. The van der Waals surface area contributed by atoms with Crippen molar-refractivity contribution in [2.45, 2.75) is 12.2 Å². The second-order valence-electron chi connectivity index (χ2n) is 3.98. The number of aryl methyl sites for hydroxylation is 1. The first-order chi connectivity index (χ1) is 8.95. The fraction of sp³-hybridized carbons (Fsp3) is 0.455. The molecule has 0 fully saturated rings. The standard InChI is InChI=1S/C11H15N3O4S/c1-8-2-3-9(10(6-8)14(17)18)11(7-13(15)16)19-5-4-12/h2-3,6,11H,4-5,7,12H2,1H3. The van der Waals surface area contributed by atoms with Crippen LogP contribution in [0.25, 0.3) is 0 Å². The van der Waals surface area contributed by atoms with Gasteiger partial charge < -0.3 is 5.73 Å². The summed E-state index contributed by atoms with van der Waals surface area (Å²) in [6.45, 7) is 1.76. The van der Waals surface area contributed by atoms with E-state index in [9.17, 15) is 20.2 Å². The molecule has 1 aromatic rings. The van der Waals surface area contributed by atoms with Gasteiger partial charge in [0.2, 0.25) is 6.54 Å². The van der Waals surface area contributed by atoms with Crippen molar-refractivity contribution in [2.75, 3.05) is 18.8 Å². The van der Waals surface area contributed by atoms with Crippen LogP contribution in [0.1, 0.15) is 16.4 Å². The van der Waals surface area contributed by atoms with Gasteiger partial charge in [0.05, 0.1) is 4.92 Å². The number of hydrogen-bond donors (Lipinski definition) is 1. The van der Waals surface area contributed by atoms with Crippen LogP contribution in [-0.4, -0.2) is 28.7 Å². The summed E-state index contributed by atoms with van der Waals surface area (Å²) in [6, 6.07) is 4.74. The van der Waals surface area contributed by atoms with Crippen LogP contribution in [0.5, 0.6) is 0 Å². The number of thioether (sulfide) groups is 1. The van der Waals surface area contributed by atoms with Gasteiger partial charge in [0.15, 0.2) is 0 Å². The van der Waals surface area contributed by atoms with Gasteiger partial charge >= 0.3 is 0 Å². The summed E-state index contributed by atoms with van der Waals surface area (Å²) in [5.41, 5.74) is 6.44. The monoisotopic (exact) mass is 285 g/mol. The highest BCUT2D eigenvalue weighted by Crippen LogP contribution is 2.35. The lowest BCUT2D eigenvalue weighted by atomic mass is 10.1. The number of hydrogen-bond acceptors (Lipinski definition) is 6. The van der Waals surface area contributed by atoms with Gasteiger partial charge in [-0.15, -0.1) is 11.8 Å². The molecule has 0 heterocycles. The zero-order valence-electron chi connectivity index (χ0n) is 10.4. The van der Waals surface area contributed by atoms with Crippen molar-refractivity contribution in [3.8, 4) is 0 Å². The zero-order chi connectivity index (χ0) is 14.4. The van der Waals surface area contributed by atoms with E-state index in [1.165, 1.54) is 17.8 Å². The molecule has 0 saturated carbocycles. The summed E-state index contributed by atoms with van der Waals surface area (Å²) in [5, 5.41) is 21.2. The number of nitro groups is 2. The predicted octanol–water partition coefficient (Wildman–Crippen LogP) is 1.91. The van der Waals surface area contributed by atoms with Gasteiger partial charge in [-0.25, -0.2) is 0 Å². The molecule has 8 heteroatoms. The van der Waals surface area contributed by atoms with Crippen LogP contribution in [0.2, 0.25) is 0 Å². The van der Waals surface area contributed by atoms with E-state index < -0.39 is 15.1 Å². The van der Waals surface area contributed by atoms with Gasteiger partial charge in [0.1, 0.15) is 5.25 Å². The van der Waals surface area contributed by atoms with Crippen molar-refractivity contribution < 1.29 is 9.85 Å². The Labute approximate surface area is 114 Å². The fourth-order valence-corrected chi connectivity index (χ4v) is 2.70. The van der Waals surface area contributed by atoms with Gasteiger partial charge in [0.25, 0.3) is 5.69 Å². The highest BCUT2D eigenvalue weighted by molar-refractivity contribution is 7.99. The highest BCUT2D eigenvalue weighted by Gasteiger charge is 2.26. The molecule has 19 heavy (non-hydrogen) atoms. The second-order valence-corrected chi connectivity index (χ2v) is 5.29. The third-order valence-electron chi connectivity index (χ3n) is 2.48. The van der Waals surface area contributed by atoms with Crippen molar-refractivity contribution in [3.63, 3.8) is 0 Å². The lowest BCUT2D eigenvalue weighted by Gasteiger charge is -2.13. The Balaban J connectivity index is 3.12. The van der Waals surface area contributed by atoms with E-state index in [1.807, 2.05) is 0 Å². The summed E-state index contributed by atoms with van der Waals surface area (Å²) in [6.07, 6.45) is 0. The summed E-state index contributed by atoms with van der Waals surface area (Å²) in [7, 11) is 0. The molecule has 0 aliphatic heterocycles. The molecular weight excluding hydrogens is 270 g/mol. The van der Waals surface area contributed by atoms with Crippen LogP contribution in [0.15, 0.2) is 18.2 Å². The van der Waals surface area contributed by atoms with Gasteiger partial charge in [-0.05, 0) is 12.5 Å². The summed E-state index contributed by atoms with van der Waals surface area (Å²) >= 11 is 1.27. The number of rotatable bonds is 7. The Morgan fingerprint density at radius 3 is 2.58 bits per heavy atom. The van der Waals surface area contributed by atoms with Crippen LogP contribution >= 0.6 is 11.8 Å². The first kappa shape index (κ1) is 15.4. The Kier molecular flexibility index (Phi) is 5.71. The minimum absolute atomic E-state index is 0.0728. The van der Waals surface area contributed by atoms with E-state index in [0.29, 0.717) is 17.9 Å². The Morgan fingerprint density at radius 2 is 2.05 bits per heavy atom. The first-order valence-electron chi connectivity index (χ1n) is 5.64. The third-order valence-corrected chi connectivity index (χ3v) is 3.76. The normalized spacial score (nSPS) is 12.1. The zero-order valence-corrected chi connectivity index (χ0v) is 11.3. The topological polar surface area (TPSA) is 112 Å². The molecule has 1 atom stereocenters. The number of nitro benzene ring substituents is 1. The Morgan fingerprint density at radius 1 is 1.37 bits per heavy atom. The first-order valence-corrected chi connectivity index (χ1v) is 6.69. The predicted molar refractivity (Wildman–Crippen MR) is 73.9 cm³/mol. The molecule has 0 saturated heterocycles. The van der Waals surface area contributed by atoms with Crippen LogP contribution in [0.4, 0.5) is 5.69 Å². The molecule has 7 nitrogen and oxygen atoms in total. The molecule has 2 N–H and O–H groups in total. The van der Waals surface area contributed by atoms with Crippen LogP contribution < -0.4 is 5.73 Å². The van der Waals surface area contributed by atoms with Crippen molar-refractivity contribution in [3.05, 3.63) is 49.6 Å². The lowest BCUT2D eigenvalue weighted by molar-refractivity contribution is -0.480. The third kappa shape index (κ3) is 4.49. The molecule has 1 rings (SSSR count). The van der Waals surface area contributed by atoms with Gasteiger partial charge in [0, 0.05) is 28.9 Å². The maximum atomic E-state index is 11.0. The molecule has 0 spiro atoms. The van der Waals surface area contributed by atoms with Crippen molar-refractivity contribution in [1.29, 1.82) is 0 Å². The molecule has 0 aromatic heterocycles. The molecule has 1 aromatic carbocycles. The molecule has 0 amide bonds. The van der Waals surface area contributed by atoms with Gasteiger partial charge in [-0.1, -0.05) is 12.1 Å². The van der Waals surface area contributed by atoms with Crippen molar-refractivity contribution in [1.82, 2.24) is 0 Å². The Hall–Kier alpha value is -1.67. The molecule has 0 bridgehead atoms. The molecule has 0 radical (unpaired) electrons.